The number of carboxylic acid groups (broad SMARTS) is 1. The molecule has 158 valence electrons. The van der Waals surface area contributed by atoms with Gasteiger partial charge in [-0.1, -0.05) is 48.2 Å². The van der Waals surface area contributed by atoms with E-state index >= 15 is 0 Å². The molecule has 0 fully saturated rings. The molecular weight excluding hydrogens is 433 g/mol. The van der Waals surface area contributed by atoms with Crippen LogP contribution < -0.4 is 11.2 Å². The van der Waals surface area contributed by atoms with Crippen LogP contribution in [0, 0.1) is 0 Å². The Kier molecular flexibility index (Phi) is 5.31. The fourth-order valence-corrected chi connectivity index (χ4v) is 4.24. The van der Waals surface area contributed by atoms with E-state index in [2.05, 4.69) is 10.1 Å². The summed E-state index contributed by atoms with van der Waals surface area (Å²) in [6, 6.07) is 20.3. The zero-order chi connectivity index (χ0) is 22.9. The van der Waals surface area contributed by atoms with Crippen LogP contribution in [0.15, 0.2) is 89.0 Å². The molecule has 2 radical (unpaired) electrons. The van der Waals surface area contributed by atoms with Crippen molar-refractivity contribution in [1.82, 2.24) is 19.6 Å². The van der Waals surface area contributed by atoms with Gasteiger partial charge in [0.1, 0.15) is 13.7 Å². The molecule has 5 rings (SSSR count). The van der Waals surface area contributed by atoms with Crippen LogP contribution in [0.2, 0.25) is 0 Å². The van der Waals surface area contributed by atoms with Crippen LogP contribution in [0.5, 0.6) is 0 Å². The average Bonchev–Trinajstić information content (AvgIpc) is 3.27. The number of carbonyl (C=O) groups is 1. The number of anilines is 1. The maximum absolute atomic E-state index is 11.1. The zero-order valence-electron chi connectivity index (χ0n) is 17.2. The van der Waals surface area contributed by atoms with Crippen molar-refractivity contribution in [1.29, 1.82) is 0 Å². The van der Waals surface area contributed by atoms with E-state index in [1.165, 1.54) is 28.4 Å². The molecule has 3 heterocycles. The number of hydrogen-bond donors (Lipinski definition) is 2. The average molecular weight is 449 g/mol. The van der Waals surface area contributed by atoms with Crippen LogP contribution in [0.1, 0.15) is 10.4 Å². The Morgan fingerprint density at radius 3 is 2.39 bits per heavy atom. The lowest BCUT2D eigenvalue weighted by Gasteiger charge is -2.11. The number of nitrogens with zero attached hydrogens (tertiary/aromatic N) is 4. The molecule has 33 heavy (non-hydrogen) atoms. The van der Waals surface area contributed by atoms with Gasteiger partial charge in [-0.3, -0.25) is 4.98 Å². The van der Waals surface area contributed by atoms with Crippen molar-refractivity contribution < 1.29 is 9.90 Å². The van der Waals surface area contributed by atoms with E-state index in [4.69, 9.17) is 23.7 Å². The Hall–Kier alpha value is -4.11. The van der Waals surface area contributed by atoms with Gasteiger partial charge in [0.2, 0.25) is 0 Å². The predicted molar refractivity (Wildman–Crippen MR) is 129 cm³/mol. The van der Waals surface area contributed by atoms with E-state index < -0.39 is 5.97 Å². The minimum atomic E-state index is -0.981. The molecule has 5 aromatic rings. The summed E-state index contributed by atoms with van der Waals surface area (Å²) in [6.45, 7) is 0. The van der Waals surface area contributed by atoms with E-state index in [1.807, 2.05) is 42.5 Å². The van der Waals surface area contributed by atoms with Gasteiger partial charge >= 0.3 is 5.97 Å². The van der Waals surface area contributed by atoms with Crippen LogP contribution in [-0.2, 0) is 0 Å². The van der Waals surface area contributed by atoms with Crippen molar-refractivity contribution in [3.63, 3.8) is 0 Å². The Balaban J connectivity index is 1.52. The Morgan fingerprint density at radius 1 is 0.970 bits per heavy atom. The normalized spacial score (nSPS) is 11.0. The van der Waals surface area contributed by atoms with Gasteiger partial charge in [0.25, 0.3) is 0 Å². The van der Waals surface area contributed by atoms with E-state index in [-0.39, 0.29) is 11.4 Å². The summed E-state index contributed by atoms with van der Waals surface area (Å²) in [5.41, 5.74) is 10.9. The predicted octanol–water partition coefficient (Wildman–Crippen LogP) is 3.68. The molecule has 0 atom stereocenters. The van der Waals surface area contributed by atoms with E-state index in [0.717, 1.165) is 27.3 Å². The highest BCUT2D eigenvalue weighted by molar-refractivity contribution is 7.99. The second-order valence-electron chi connectivity index (χ2n) is 7.24. The summed E-state index contributed by atoms with van der Waals surface area (Å²) in [4.78, 5) is 21.2. The number of rotatable bonds is 5. The maximum Gasteiger partial charge on any atom is 0.335 e. The molecule has 2 aromatic carbocycles. The number of carboxylic acids is 1. The molecule has 0 saturated heterocycles. The van der Waals surface area contributed by atoms with Crippen LogP contribution in [-0.4, -0.2) is 38.5 Å². The van der Waals surface area contributed by atoms with Crippen molar-refractivity contribution in [3.05, 3.63) is 84.7 Å². The van der Waals surface area contributed by atoms with Gasteiger partial charge in [-0.25, -0.2) is 9.78 Å². The van der Waals surface area contributed by atoms with Crippen molar-refractivity contribution in [2.75, 3.05) is 5.73 Å². The highest BCUT2D eigenvalue weighted by Crippen LogP contribution is 2.30. The van der Waals surface area contributed by atoms with Gasteiger partial charge in [0.15, 0.2) is 5.65 Å². The second kappa shape index (κ2) is 8.44. The number of nitrogens with two attached hydrogens (primary N) is 1. The Labute approximate surface area is 194 Å². The molecule has 0 amide bonds. The zero-order valence-corrected chi connectivity index (χ0v) is 18.0. The van der Waals surface area contributed by atoms with Crippen molar-refractivity contribution in [2.45, 2.75) is 9.92 Å². The fraction of sp³-hybridized carbons (Fsp3) is 0. The van der Waals surface area contributed by atoms with E-state index in [0.29, 0.717) is 16.1 Å². The van der Waals surface area contributed by atoms with Crippen LogP contribution in [0.25, 0.3) is 28.0 Å². The number of aromatic nitrogens is 4. The number of aromatic carboxylic acids is 1. The molecule has 0 spiro atoms. The first-order valence-corrected chi connectivity index (χ1v) is 10.8. The Bertz CT molecular complexity index is 1470. The molecule has 0 unspecified atom stereocenters. The topological polar surface area (TPSA) is 106 Å². The first-order valence-electron chi connectivity index (χ1n) is 9.97. The molecule has 0 aliphatic rings. The summed E-state index contributed by atoms with van der Waals surface area (Å²) >= 11 is 1.30. The first-order chi connectivity index (χ1) is 16.0. The van der Waals surface area contributed by atoms with Crippen LogP contribution in [0.4, 0.5) is 5.82 Å². The van der Waals surface area contributed by atoms with E-state index in [1.54, 1.807) is 24.5 Å². The largest absolute Gasteiger partial charge is 0.478 e. The molecule has 0 saturated carbocycles. The monoisotopic (exact) mass is 449 g/mol. The van der Waals surface area contributed by atoms with Crippen molar-refractivity contribution in [2.24, 2.45) is 0 Å². The Morgan fingerprint density at radius 2 is 1.73 bits per heavy atom. The third-order valence-corrected chi connectivity index (χ3v) is 6.16. The van der Waals surface area contributed by atoms with Crippen molar-refractivity contribution >= 4 is 42.5 Å². The highest BCUT2D eigenvalue weighted by Gasteiger charge is 2.16. The van der Waals surface area contributed by atoms with Gasteiger partial charge in [0, 0.05) is 27.8 Å². The second-order valence-corrected chi connectivity index (χ2v) is 8.30. The number of fused-ring (bicyclic) bond motifs is 1. The van der Waals surface area contributed by atoms with Gasteiger partial charge in [0.05, 0.1) is 22.5 Å². The molecule has 0 aliphatic heterocycles. The van der Waals surface area contributed by atoms with Gasteiger partial charge in [-0.05, 0) is 35.8 Å². The molecule has 7 nitrogen and oxygen atoms in total. The summed E-state index contributed by atoms with van der Waals surface area (Å²) in [5.74, 6) is -0.699. The standard InChI is InChI=1S/C24H16BN5O2S/c25-20-21(26)30-22(29-23(20)33-17-9-6-15(7-10-17)24(31)32)18(13-28-30)16-8-11-19(27-12-16)14-4-2-1-3-5-14/h1-13H,26H2,(H,31,32). The highest BCUT2D eigenvalue weighted by atomic mass is 32.2. The van der Waals surface area contributed by atoms with Crippen LogP contribution >= 0.6 is 11.8 Å². The minimum Gasteiger partial charge on any atom is -0.478 e. The molecule has 0 bridgehead atoms. The van der Waals surface area contributed by atoms with Crippen LogP contribution in [0.3, 0.4) is 0 Å². The molecule has 9 heteroatoms. The fourth-order valence-electron chi connectivity index (χ4n) is 3.40. The number of pyridine rings is 1. The summed E-state index contributed by atoms with van der Waals surface area (Å²) < 4.78 is 1.51. The number of hydrogen-bond acceptors (Lipinski definition) is 6. The number of benzene rings is 2. The summed E-state index contributed by atoms with van der Waals surface area (Å²) in [5, 5.41) is 14.0. The summed E-state index contributed by atoms with van der Waals surface area (Å²) in [7, 11) is 6.23. The minimum absolute atomic E-state index is 0.208. The SMILES string of the molecule is [B]c1c(Sc2ccc(C(=O)O)cc2)nc2c(-c3ccc(-c4ccccc4)nc3)cnn2c1N. The number of nitrogen functional groups attached to an aromatic ring is 1. The lowest BCUT2D eigenvalue weighted by atomic mass is 9.99. The van der Waals surface area contributed by atoms with Gasteiger partial charge in [-0.15, -0.1) is 0 Å². The van der Waals surface area contributed by atoms with Gasteiger partial charge < -0.3 is 10.8 Å². The van der Waals surface area contributed by atoms with E-state index in [9.17, 15) is 4.79 Å². The lowest BCUT2D eigenvalue weighted by molar-refractivity contribution is 0.0697. The summed E-state index contributed by atoms with van der Waals surface area (Å²) in [6.07, 6.45) is 3.47. The maximum atomic E-state index is 11.1. The lowest BCUT2D eigenvalue weighted by Crippen LogP contribution is -2.19. The third-order valence-electron chi connectivity index (χ3n) is 5.15. The van der Waals surface area contributed by atoms with Gasteiger partial charge in [-0.2, -0.15) is 9.61 Å². The smallest absolute Gasteiger partial charge is 0.335 e. The molecule has 0 aliphatic carbocycles. The molecule has 3 aromatic heterocycles. The first kappa shape index (κ1) is 20.8. The molecular formula is C24H16BN5O2S. The quantitative estimate of drug-likeness (QED) is 0.311. The third kappa shape index (κ3) is 3.94. The molecule has 3 N–H and O–H groups in total. The van der Waals surface area contributed by atoms with Crippen molar-refractivity contribution in [3.8, 4) is 22.4 Å².